The van der Waals surface area contributed by atoms with E-state index in [9.17, 15) is 9.59 Å². The van der Waals surface area contributed by atoms with Crippen LogP contribution in [-0.4, -0.2) is 48.8 Å². The molecule has 0 aromatic rings. The van der Waals surface area contributed by atoms with Gasteiger partial charge >= 0.3 is 5.97 Å². The van der Waals surface area contributed by atoms with Crippen molar-refractivity contribution < 1.29 is 19.4 Å². The highest BCUT2D eigenvalue weighted by Gasteiger charge is 2.17. The zero-order valence-electron chi connectivity index (χ0n) is 11.4. The zero-order valence-corrected chi connectivity index (χ0v) is 11.4. The molecule has 0 rings (SSSR count). The Morgan fingerprint density at radius 3 is 2.44 bits per heavy atom. The van der Waals surface area contributed by atoms with Gasteiger partial charge in [-0.25, -0.2) is 4.79 Å². The number of amides is 1. The maximum Gasteiger partial charge on any atom is 0.327 e. The Morgan fingerprint density at radius 2 is 1.94 bits per heavy atom. The van der Waals surface area contributed by atoms with Gasteiger partial charge in [0, 0.05) is 20.1 Å². The normalized spacial score (nSPS) is 12.4. The number of carbonyl (C=O) groups excluding carboxylic acids is 1. The number of hydrogen-bond donors (Lipinski definition) is 3. The molecule has 0 bridgehead atoms. The van der Waals surface area contributed by atoms with E-state index in [4.69, 9.17) is 9.84 Å². The molecule has 0 heterocycles. The predicted molar refractivity (Wildman–Crippen MR) is 68.4 cm³/mol. The minimum atomic E-state index is -1.03. The first kappa shape index (κ1) is 16.9. The molecule has 0 aliphatic heterocycles. The first-order valence-corrected chi connectivity index (χ1v) is 6.25. The second-order valence-electron chi connectivity index (χ2n) is 4.42. The van der Waals surface area contributed by atoms with Crippen molar-refractivity contribution in [3.05, 3.63) is 0 Å². The Kier molecular flexibility index (Phi) is 9.22. The highest BCUT2D eigenvalue weighted by Crippen LogP contribution is 1.93. The van der Waals surface area contributed by atoms with Crippen molar-refractivity contribution in [2.75, 3.05) is 19.7 Å². The van der Waals surface area contributed by atoms with Crippen molar-refractivity contribution in [2.45, 2.75) is 45.8 Å². The van der Waals surface area contributed by atoms with Crippen molar-refractivity contribution >= 4 is 11.9 Å². The molecule has 0 aromatic carbocycles. The van der Waals surface area contributed by atoms with Crippen LogP contribution in [0.2, 0.25) is 0 Å². The average molecular weight is 260 g/mol. The summed E-state index contributed by atoms with van der Waals surface area (Å²) in [6.45, 7) is 6.95. The van der Waals surface area contributed by atoms with Gasteiger partial charge in [-0.15, -0.1) is 0 Å². The zero-order chi connectivity index (χ0) is 14.0. The number of nitrogens with one attached hydrogen (secondary N) is 2. The molecular weight excluding hydrogens is 236 g/mol. The number of unbranched alkanes of at least 4 members (excludes halogenated alkanes) is 1. The van der Waals surface area contributed by atoms with Crippen molar-refractivity contribution in [2.24, 2.45) is 0 Å². The van der Waals surface area contributed by atoms with E-state index < -0.39 is 12.0 Å². The largest absolute Gasteiger partial charge is 0.480 e. The van der Waals surface area contributed by atoms with E-state index >= 15 is 0 Å². The third-order valence-electron chi connectivity index (χ3n) is 2.22. The summed E-state index contributed by atoms with van der Waals surface area (Å²) in [5.74, 6) is -1.37. The lowest BCUT2D eigenvalue weighted by Gasteiger charge is -2.14. The van der Waals surface area contributed by atoms with Crippen LogP contribution >= 0.6 is 0 Å². The Labute approximate surface area is 108 Å². The summed E-state index contributed by atoms with van der Waals surface area (Å²) in [6, 6.07) is -0.866. The van der Waals surface area contributed by atoms with Gasteiger partial charge in [0.1, 0.15) is 6.04 Å². The van der Waals surface area contributed by atoms with E-state index in [2.05, 4.69) is 10.6 Å². The Morgan fingerprint density at radius 1 is 1.28 bits per heavy atom. The second kappa shape index (κ2) is 9.85. The number of rotatable bonds is 10. The summed E-state index contributed by atoms with van der Waals surface area (Å²) in [6.07, 6.45) is 2.09. The SMILES string of the molecule is CC(=O)NC(CNCCCCOC(C)C)C(=O)O. The van der Waals surface area contributed by atoms with Crippen LogP contribution in [0.3, 0.4) is 0 Å². The summed E-state index contributed by atoms with van der Waals surface area (Å²) >= 11 is 0. The van der Waals surface area contributed by atoms with Crippen molar-refractivity contribution in [1.82, 2.24) is 10.6 Å². The van der Waals surface area contributed by atoms with E-state index in [0.29, 0.717) is 13.2 Å². The van der Waals surface area contributed by atoms with Gasteiger partial charge in [-0.3, -0.25) is 4.79 Å². The van der Waals surface area contributed by atoms with Crippen molar-refractivity contribution in [3.8, 4) is 0 Å². The van der Waals surface area contributed by atoms with Gasteiger partial charge in [-0.05, 0) is 33.2 Å². The van der Waals surface area contributed by atoms with E-state index in [1.165, 1.54) is 6.92 Å². The summed E-state index contributed by atoms with van der Waals surface area (Å²) in [5.41, 5.74) is 0. The van der Waals surface area contributed by atoms with Gasteiger partial charge in [0.05, 0.1) is 6.10 Å². The van der Waals surface area contributed by atoms with Gasteiger partial charge in [0.2, 0.25) is 5.91 Å². The molecule has 1 amide bonds. The number of aliphatic carboxylic acids is 1. The van der Waals surface area contributed by atoms with Crippen LogP contribution in [0.1, 0.15) is 33.6 Å². The molecule has 6 heteroatoms. The lowest BCUT2D eigenvalue weighted by molar-refractivity contribution is -0.141. The second-order valence-corrected chi connectivity index (χ2v) is 4.42. The maximum atomic E-state index is 10.8. The summed E-state index contributed by atoms with van der Waals surface area (Å²) in [5, 5.41) is 14.2. The summed E-state index contributed by atoms with van der Waals surface area (Å²) in [4.78, 5) is 21.6. The van der Waals surface area contributed by atoms with Gasteiger partial charge in [-0.2, -0.15) is 0 Å². The molecule has 0 saturated heterocycles. The van der Waals surface area contributed by atoms with E-state index in [1.807, 2.05) is 13.8 Å². The smallest absolute Gasteiger partial charge is 0.327 e. The molecule has 0 fully saturated rings. The van der Waals surface area contributed by atoms with E-state index in [-0.39, 0.29) is 18.6 Å². The topological polar surface area (TPSA) is 87.7 Å². The number of carboxylic acid groups (broad SMARTS) is 1. The van der Waals surface area contributed by atoms with Crippen LogP contribution in [-0.2, 0) is 14.3 Å². The van der Waals surface area contributed by atoms with Crippen LogP contribution in [0.25, 0.3) is 0 Å². The van der Waals surface area contributed by atoms with Gasteiger partial charge in [0.25, 0.3) is 0 Å². The molecule has 1 unspecified atom stereocenters. The Hall–Kier alpha value is -1.14. The minimum absolute atomic E-state index is 0.236. The summed E-state index contributed by atoms with van der Waals surface area (Å²) < 4.78 is 5.38. The molecular formula is C12H24N2O4. The third kappa shape index (κ3) is 10.0. The molecule has 0 aliphatic rings. The number of ether oxygens (including phenoxy) is 1. The monoisotopic (exact) mass is 260 g/mol. The minimum Gasteiger partial charge on any atom is -0.480 e. The molecule has 0 aliphatic carbocycles. The molecule has 18 heavy (non-hydrogen) atoms. The lowest BCUT2D eigenvalue weighted by Crippen LogP contribution is -2.46. The van der Waals surface area contributed by atoms with Crippen LogP contribution in [0, 0.1) is 0 Å². The fourth-order valence-electron chi connectivity index (χ4n) is 1.36. The van der Waals surface area contributed by atoms with Crippen molar-refractivity contribution in [3.63, 3.8) is 0 Å². The van der Waals surface area contributed by atoms with Crippen LogP contribution in [0.15, 0.2) is 0 Å². The van der Waals surface area contributed by atoms with E-state index in [1.54, 1.807) is 0 Å². The van der Waals surface area contributed by atoms with Gasteiger partial charge in [0.15, 0.2) is 0 Å². The highest BCUT2D eigenvalue weighted by molar-refractivity contribution is 5.82. The van der Waals surface area contributed by atoms with Crippen LogP contribution in [0.4, 0.5) is 0 Å². The average Bonchev–Trinajstić information content (AvgIpc) is 2.25. The van der Waals surface area contributed by atoms with Gasteiger partial charge < -0.3 is 20.5 Å². The van der Waals surface area contributed by atoms with E-state index in [0.717, 1.165) is 12.8 Å². The van der Waals surface area contributed by atoms with Crippen LogP contribution < -0.4 is 10.6 Å². The molecule has 6 nitrogen and oxygen atoms in total. The number of hydrogen-bond acceptors (Lipinski definition) is 4. The maximum absolute atomic E-state index is 10.8. The highest BCUT2D eigenvalue weighted by atomic mass is 16.5. The molecule has 0 spiro atoms. The molecule has 0 radical (unpaired) electrons. The molecule has 0 aromatic heterocycles. The Balaban J connectivity index is 3.55. The third-order valence-corrected chi connectivity index (χ3v) is 2.22. The quantitative estimate of drug-likeness (QED) is 0.494. The fraction of sp³-hybridized carbons (Fsp3) is 0.833. The van der Waals surface area contributed by atoms with Crippen molar-refractivity contribution in [1.29, 1.82) is 0 Å². The van der Waals surface area contributed by atoms with Crippen LogP contribution in [0.5, 0.6) is 0 Å². The predicted octanol–water partition coefficient (Wildman–Crippen LogP) is 0.370. The molecule has 106 valence electrons. The first-order valence-electron chi connectivity index (χ1n) is 6.25. The first-order chi connectivity index (χ1) is 8.43. The molecule has 0 saturated carbocycles. The standard InChI is InChI=1S/C12H24N2O4/c1-9(2)18-7-5-4-6-13-8-11(12(16)17)14-10(3)15/h9,11,13H,4-8H2,1-3H3,(H,14,15)(H,16,17). The molecule has 3 N–H and O–H groups in total. The van der Waals surface area contributed by atoms with Gasteiger partial charge in [-0.1, -0.05) is 0 Å². The fourth-order valence-corrected chi connectivity index (χ4v) is 1.36. The molecule has 1 atom stereocenters. The Bertz CT molecular complexity index is 256. The number of carboxylic acids is 1. The number of carbonyl (C=O) groups is 2. The lowest BCUT2D eigenvalue weighted by atomic mass is 10.2. The summed E-state index contributed by atoms with van der Waals surface area (Å²) in [7, 11) is 0.